The molecule has 0 spiro atoms. The quantitative estimate of drug-likeness (QED) is 0.806. The van der Waals surface area contributed by atoms with E-state index < -0.39 is 0 Å². The van der Waals surface area contributed by atoms with E-state index in [0.717, 1.165) is 25.9 Å². The minimum absolute atomic E-state index is 0. The molecule has 114 valence electrons. The number of carbonyl (C=O) groups excluding carboxylic acids is 2. The number of halogens is 1. The van der Waals surface area contributed by atoms with Crippen LogP contribution >= 0.6 is 12.4 Å². The zero-order valence-corrected chi connectivity index (χ0v) is 12.8. The third-order valence-corrected chi connectivity index (χ3v) is 5.17. The summed E-state index contributed by atoms with van der Waals surface area (Å²) in [5.41, 5.74) is 6.10. The van der Waals surface area contributed by atoms with Gasteiger partial charge in [-0.05, 0) is 31.6 Å². The average Bonchev–Trinajstić information content (AvgIpc) is 3.05. The van der Waals surface area contributed by atoms with Gasteiger partial charge < -0.3 is 15.5 Å². The summed E-state index contributed by atoms with van der Waals surface area (Å²) in [4.78, 5) is 28.0. The SMILES string of the molecule is CCN1CC(C(=O)N2CC3CCC(N)C3C2)CC1=O.Cl. The van der Waals surface area contributed by atoms with Crippen LogP contribution in [0.4, 0.5) is 0 Å². The number of hydrogen-bond donors (Lipinski definition) is 1. The van der Waals surface area contributed by atoms with Crippen molar-refractivity contribution in [2.45, 2.75) is 32.2 Å². The van der Waals surface area contributed by atoms with Gasteiger partial charge in [-0.25, -0.2) is 0 Å². The van der Waals surface area contributed by atoms with Crippen LogP contribution in [0.15, 0.2) is 0 Å². The second-order valence-electron chi connectivity index (χ2n) is 6.24. The lowest BCUT2D eigenvalue weighted by Gasteiger charge is -2.22. The fourth-order valence-corrected chi connectivity index (χ4v) is 3.99. The lowest BCUT2D eigenvalue weighted by atomic mass is 9.98. The van der Waals surface area contributed by atoms with Crippen molar-refractivity contribution in [1.82, 2.24) is 9.80 Å². The van der Waals surface area contributed by atoms with Gasteiger partial charge in [0.15, 0.2) is 0 Å². The minimum atomic E-state index is -0.123. The van der Waals surface area contributed by atoms with Crippen molar-refractivity contribution in [1.29, 1.82) is 0 Å². The topological polar surface area (TPSA) is 66.6 Å². The van der Waals surface area contributed by atoms with E-state index in [0.29, 0.717) is 31.3 Å². The highest BCUT2D eigenvalue weighted by molar-refractivity contribution is 5.89. The van der Waals surface area contributed by atoms with Gasteiger partial charge in [-0.15, -0.1) is 12.4 Å². The first-order valence-electron chi connectivity index (χ1n) is 7.42. The largest absolute Gasteiger partial charge is 0.342 e. The molecule has 0 radical (unpaired) electrons. The Kier molecular flexibility index (Phi) is 4.59. The normalized spacial score (nSPS) is 36.2. The Hall–Kier alpha value is -0.810. The van der Waals surface area contributed by atoms with Gasteiger partial charge >= 0.3 is 0 Å². The maximum absolute atomic E-state index is 12.5. The fourth-order valence-electron chi connectivity index (χ4n) is 3.99. The summed E-state index contributed by atoms with van der Waals surface area (Å²) in [6, 6.07) is 0.264. The fraction of sp³-hybridized carbons (Fsp3) is 0.857. The number of amides is 2. The van der Waals surface area contributed by atoms with Crippen molar-refractivity contribution in [3.05, 3.63) is 0 Å². The second kappa shape index (κ2) is 5.90. The zero-order chi connectivity index (χ0) is 13.6. The molecule has 0 aromatic carbocycles. The number of rotatable bonds is 2. The van der Waals surface area contributed by atoms with Crippen LogP contribution in [0.2, 0.25) is 0 Å². The first-order chi connectivity index (χ1) is 9.10. The standard InChI is InChI=1S/C14H23N3O2.ClH/c1-2-16-7-10(5-13(16)18)14(19)17-6-9-3-4-12(15)11(9)8-17;/h9-12H,2-8,15H2,1H3;1H. The van der Waals surface area contributed by atoms with E-state index in [1.165, 1.54) is 0 Å². The van der Waals surface area contributed by atoms with Crippen LogP contribution in [0, 0.1) is 17.8 Å². The van der Waals surface area contributed by atoms with E-state index in [9.17, 15) is 9.59 Å². The molecule has 3 rings (SSSR count). The van der Waals surface area contributed by atoms with Crippen LogP contribution in [-0.2, 0) is 9.59 Å². The molecule has 5 nitrogen and oxygen atoms in total. The number of fused-ring (bicyclic) bond motifs is 1. The molecule has 20 heavy (non-hydrogen) atoms. The van der Waals surface area contributed by atoms with Gasteiger partial charge in [-0.1, -0.05) is 0 Å². The smallest absolute Gasteiger partial charge is 0.228 e. The lowest BCUT2D eigenvalue weighted by molar-refractivity contribution is -0.135. The van der Waals surface area contributed by atoms with Crippen LogP contribution in [0.5, 0.6) is 0 Å². The predicted molar refractivity (Wildman–Crippen MR) is 78.4 cm³/mol. The average molecular weight is 302 g/mol. The molecule has 0 aromatic heterocycles. The van der Waals surface area contributed by atoms with E-state index in [4.69, 9.17) is 5.73 Å². The zero-order valence-electron chi connectivity index (χ0n) is 12.0. The third kappa shape index (κ3) is 2.53. The highest BCUT2D eigenvalue weighted by atomic mass is 35.5. The van der Waals surface area contributed by atoms with Crippen molar-refractivity contribution in [2.24, 2.45) is 23.5 Å². The molecule has 2 heterocycles. The third-order valence-electron chi connectivity index (χ3n) is 5.17. The Morgan fingerprint density at radius 2 is 2.05 bits per heavy atom. The molecule has 1 aliphatic carbocycles. The number of hydrogen-bond acceptors (Lipinski definition) is 3. The van der Waals surface area contributed by atoms with Crippen molar-refractivity contribution >= 4 is 24.2 Å². The van der Waals surface area contributed by atoms with Gasteiger partial charge in [-0.3, -0.25) is 9.59 Å². The van der Waals surface area contributed by atoms with Crippen molar-refractivity contribution in [3.63, 3.8) is 0 Å². The molecule has 0 bridgehead atoms. The Balaban J connectivity index is 0.00000147. The van der Waals surface area contributed by atoms with E-state index in [2.05, 4.69) is 0 Å². The molecule has 0 aromatic rings. The van der Waals surface area contributed by atoms with Gasteiger partial charge in [-0.2, -0.15) is 0 Å². The molecule has 2 aliphatic heterocycles. The Morgan fingerprint density at radius 3 is 2.65 bits per heavy atom. The molecule has 3 aliphatic rings. The van der Waals surface area contributed by atoms with E-state index in [1.807, 2.05) is 11.8 Å². The maximum atomic E-state index is 12.5. The van der Waals surface area contributed by atoms with Crippen LogP contribution < -0.4 is 5.73 Å². The summed E-state index contributed by atoms with van der Waals surface area (Å²) in [5.74, 6) is 1.26. The Labute approximate surface area is 126 Å². The number of carbonyl (C=O) groups is 2. The molecule has 1 saturated carbocycles. The Bertz CT molecular complexity index is 404. The van der Waals surface area contributed by atoms with Gasteiger partial charge in [0.1, 0.15) is 0 Å². The molecular formula is C14H24ClN3O2. The van der Waals surface area contributed by atoms with Crippen LogP contribution in [0.25, 0.3) is 0 Å². The molecule has 3 fully saturated rings. The summed E-state index contributed by atoms with van der Waals surface area (Å²) >= 11 is 0. The van der Waals surface area contributed by atoms with Crippen molar-refractivity contribution < 1.29 is 9.59 Å². The summed E-state index contributed by atoms with van der Waals surface area (Å²) in [5, 5.41) is 0. The number of likely N-dealkylation sites (tertiary alicyclic amines) is 2. The van der Waals surface area contributed by atoms with Crippen molar-refractivity contribution in [2.75, 3.05) is 26.2 Å². The molecule has 6 heteroatoms. The van der Waals surface area contributed by atoms with Gasteiger partial charge in [0, 0.05) is 38.6 Å². The highest BCUT2D eigenvalue weighted by Gasteiger charge is 2.45. The summed E-state index contributed by atoms with van der Waals surface area (Å²) in [6.45, 7) is 4.93. The molecule has 4 atom stereocenters. The molecule has 4 unspecified atom stereocenters. The second-order valence-corrected chi connectivity index (χ2v) is 6.24. The Morgan fingerprint density at radius 1 is 1.30 bits per heavy atom. The molecule has 2 amide bonds. The van der Waals surface area contributed by atoms with Gasteiger partial charge in [0.25, 0.3) is 0 Å². The number of nitrogens with zero attached hydrogens (tertiary/aromatic N) is 2. The van der Waals surface area contributed by atoms with Crippen LogP contribution in [0.3, 0.4) is 0 Å². The van der Waals surface area contributed by atoms with E-state index >= 15 is 0 Å². The first kappa shape index (κ1) is 15.6. The molecule has 2 N–H and O–H groups in total. The van der Waals surface area contributed by atoms with Gasteiger partial charge in [0.05, 0.1) is 5.92 Å². The monoisotopic (exact) mass is 301 g/mol. The number of nitrogens with two attached hydrogens (primary N) is 1. The minimum Gasteiger partial charge on any atom is -0.342 e. The van der Waals surface area contributed by atoms with Crippen LogP contribution in [-0.4, -0.2) is 53.8 Å². The highest BCUT2D eigenvalue weighted by Crippen LogP contribution is 2.38. The van der Waals surface area contributed by atoms with E-state index in [-0.39, 0.29) is 36.2 Å². The molecular weight excluding hydrogens is 278 g/mol. The van der Waals surface area contributed by atoms with Gasteiger partial charge in [0.2, 0.25) is 11.8 Å². The first-order valence-corrected chi connectivity index (χ1v) is 7.42. The lowest BCUT2D eigenvalue weighted by Crippen LogP contribution is -2.38. The molecule has 2 saturated heterocycles. The van der Waals surface area contributed by atoms with Crippen molar-refractivity contribution in [3.8, 4) is 0 Å². The predicted octanol–water partition coefficient (Wildman–Crippen LogP) is 0.472. The summed E-state index contributed by atoms with van der Waals surface area (Å²) < 4.78 is 0. The van der Waals surface area contributed by atoms with E-state index in [1.54, 1.807) is 4.90 Å². The summed E-state index contributed by atoms with van der Waals surface area (Å²) in [7, 11) is 0. The summed E-state index contributed by atoms with van der Waals surface area (Å²) in [6.07, 6.45) is 2.65. The maximum Gasteiger partial charge on any atom is 0.228 e. The van der Waals surface area contributed by atoms with Crippen LogP contribution in [0.1, 0.15) is 26.2 Å².